The molecule has 0 aliphatic heterocycles. The average molecular weight is 256 g/mol. The predicted molar refractivity (Wildman–Crippen MR) is 72.3 cm³/mol. The largest absolute Gasteiger partial charge is 0.269 e. The monoisotopic (exact) mass is 256 g/mol. The molecular weight excluding hydrogens is 234 g/mol. The standard InChI is InChI=1S/C8H12F2.C4H4N2.C2H6/c1-6(2)4-5-7(3)8(9)10;1-2-6-4-3-5-1;1-2/h1,4-5H2,2-3H3;1-4H;1-2H3. The highest BCUT2D eigenvalue weighted by molar-refractivity contribution is 5.02. The van der Waals surface area contributed by atoms with Gasteiger partial charge in [0.05, 0.1) is 0 Å². The highest BCUT2D eigenvalue weighted by atomic mass is 19.3. The van der Waals surface area contributed by atoms with Crippen LogP contribution in [-0.2, 0) is 0 Å². The van der Waals surface area contributed by atoms with Crippen molar-refractivity contribution in [3.05, 3.63) is 48.6 Å². The van der Waals surface area contributed by atoms with E-state index < -0.39 is 6.08 Å². The number of nitrogens with zero attached hydrogens (tertiary/aromatic N) is 2. The van der Waals surface area contributed by atoms with E-state index >= 15 is 0 Å². The van der Waals surface area contributed by atoms with Gasteiger partial charge in [-0.25, -0.2) is 0 Å². The predicted octanol–water partition coefficient (Wildman–Crippen LogP) is 5.02. The summed E-state index contributed by atoms with van der Waals surface area (Å²) in [6, 6.07) is 0. The second-order valence-corrected chi connectivity index (χ2v) is 3.39. The summed E-state index contributed by atoms with van der Waals surface area (Å²) in [6.45, 7) is 10.9. The SMILES string of the molecule is C=C(C)CCC(C)=C(F)F.CC.c1cnccn1. The van der Waals surface area contributed by atoms with E-state index in [1.165, 1.54) is 6.92 Å². The summed E-state index contributed by atoms with van der Waals surface area (Å²) in [5, 5.41) is 0. The summed E-state index contributed by atoms with van der Waals surface area (Å²) in [5.74, 6) is 0. The number of allylic oxidation sites excluding steroid dienone is 2. The second kappa shape index (κ2) is 13.5. The van der Waals surface area contributed by atoms with Crippen LogP contribution >= 0.6 is 0 Å². The van der Waals surface area contributed by atoms with Gasteiger partial charge in [0.2, 0.25) is 0 Å². The van der Waals surface area contributed by atoms with Gasteiger partial charge in [0, 0.05) is 24.8 Å². The third-order valence-corrected chi connectivity index (χ3v) is 1.73. The molecular formula is C14H22F2N2. The Morgan fingerprint density at radius 1 is 0.944 bits per heavy atom. The summed E-state index contributed by atoms with van der Waals surface area (Å²) in [6.07, 6.45) is 6.09. The van der Waals surface area contributed by atoms with Crippen LogP contribution in [0.25, 0.3) is 0 Å². The minimum Gasteiger partial charge on any atom is -0.262 e. The minimum absolute atomic E-state index is 0.169. The van der Waals surface area contributed by atoms with Crippen molar-refractivity contribution >= 4 is 0 Å². The number of rotatable bonds is 3. The van der Waals surface area contributed by atoms with Gasteiger partial charge in [-0.3, -0.25) is 9.97 Å². The molecule has 0 saturated heterocycles. The van der Waals surface area contributed by atoms with Gasteiger partial charge in [0.25, 0.3) is 6.08 Å². The van der Waals surface area contributed by atoms with Crippen LogP contribution in [-0.4, -0.2) is 9.97 Å². The first-order valence-corrected chi connectivity index (χ1v) is 5.89. The van der Waals surface area contributed by atoms with Gasteiger partial charge in [-0.1, -0.05) is 19.4 Å². The summed E-state index contributed by atoms with van der Waals surface area (Å²) in [7, 11) is 0. The lowest BCUT2D eigenvalue weighted by Gasteiger charge is -1.97. The Balaban J connectivity index is 0. The molecule has 1 aromatic heterocycles. The molecule has 0 atom stereocenters. The molecule has 2 nitrogen and oxygen atoms in total. The van der Waals surface area contributed by atoms with E-state index in [2.05, 4.69) is 16.5 Å². The van der Waals surface area contributed by atoms with Crippen LogP contribution < -0.4 is 0 Å². The average Bonchev–Trinajstić information content (AvgIpc) is 2.40. The van der Waals surface area contributed by atoms with Crippen molar-refractivity contribution in [2.24, 2.45) is 0 Å². The van der Waals surface area contributed by atoms with Crippen molar-refractivity contribution in [1.82, 2.24) is 9.97 Å². The van der Waals surface area contributed by atoms with Crippen LogP contribution in [0.5, 0.6) is 0 Å². The minimum atomic E-state index is -1.55. The third-order valence-electron chi connectivity index (χ3n) is 1.73. The molecule has 1 heterocycles. The molecule has 0 aliphatic carbocycles. The molecule has 0 amide bonds. The fourth-order valence-electron chi connectivity index (χ4n) is 0.749. The Bertz CT molecular complexity index is 304. The van der Waals surface area contributed by atoms with Crippen molar-refractivity contribution in [2.75, 3.05) is 0 Å². The van der Waals surface area contributed by atoms with Crippen molar-refractivity contribution in [1.29, 1.82) is 0 Å². The first-order chi connectivity index (χ1) is 8.54. The normalized spacial score (nSPS) is 8.11. The molecule has 0 radical (unpaired) electrons. The van der Waals surface area contributed by atoms with Crippen LogP contribution in [0.4, 0.5) is 8.78 Å². The van der Waals surface area contributed by atoms with Crippen molar-refractivity contribution in [2.45, 2.75) is 40.5 Å². The van der Waals surface area contributed by atoms with Crippen LogP contribution in [0.3, 0.4) is 0 Å². The Morgan fingerprint density at radius 3 is 1.56 bits per heavy atom. The first kappa shape index (κ1) is 18.8. The first-order valence-electron chi connectivity index (χ1n) is 5.89. The molecule has 0 aromatic carbocycles. The van der Waals surface area contributed by atoms with Gasteiger partial charge in [-0.2, -0.15) is 8.78 Å². The van der Waals surface area contributed by atoms with Crippen LogP contribution in [0, 0.1) is 0 Å². The summed E-state index contributed by atoms with van der Waals surface area (Å²) >= 11 is 0. The van der Waals surface area contributed by atoms with Gasteiger partial charge in [-0.05, 0) is 32.3 Å². The molecule has 102 valence electrons. The highest BCUT2D eigenvalue weighted by Gasteiger charge is 1.98. The second-order valence-electron chi connectivity index (χ2n) is 3.39. The van der Waals surface area contributed by atoms with E-state index in [9.17, 15) is 8.78 Å². The van der Waals surface area contributed by atoms with E-state index in [0.717, 1.165) is 5.57 Å². The van der Waals surface area contributed by atoms with Crippen LogP contribution in [0.2, 0.25) is 0 Å². The van der Waals surface area contributed by atoms with Crippen LogP contribution in [0.1, 0.15) is 40.5 Å². The van der Waals surface area contributed by atoms with Crippen LogP contribution in [0.15, 0.2) is 48.6 Å². The van der Waals surface area contributed by atoms with Gasteiger partial charge in [0.15, 0.2) is 0 Å². The Hall–Kier alpha value is -1.58. The lowest BCUT2D eigenvalue weighted by molar-refractivity contribution is 0.408. The fourth-order valence-corrected chi connectivity index (χ4v) is 0.749. The van der Waals surface area contributed by atoms with E-state index in [-0.39, 0.29) is 5.57 Å². The number of hydrogen-bond donors (Lipinski definition) is 0. The fraction of sp³-hybridized carbons (Fsp3) is 0.429. The van der Waals surface area contributed by atoms with Gasteiger partial charge >= 0.3 is 0 Å². The van der Waals surface area contributed by atoms with E-state index in [1.807, 2.05) is 20.8 Å². The maximum Gasteiger partial charge on any atom is 0.269 e. The van der Waals surface area contributed by atoms with E-state index in [0.29, 0.717) is 12.8 Å². The van der Waals surface area contributed by atoms with Gasteiger partial charge in [0.1, 0.15) is 0 Å². The highest BCUT2D eigenvalue weighted by Crippen LogP contribution is 2.14. The zero-order valence-corrected chi connectivity index (χ0v) is 11.6. The zero-order valence-electron chi connectivity index (χ0n) is 11.6. The Labute approximate surface area is 108 Å². The lowest BCUT2D eigenvalue weighted by Crippen LogP contribution is -1.80. The molecule has 0 unspecified atom stereocenters. The summed E-state index contributed by atoms with van der Waals surface area (Å²) in [4.78, 5) is 7.44. The molecule has 0 fully saturated rings. The van der Waals surface area contributed by atoms with Crippen molar-refractivity contribution in [3.8, 4) is 0 Å². The van der Waals surface area contributed by atoms with Gasteiger partial charge < -0.3 is 0 Å². The summed E-state index contributed by atoms with van der Waals surface area (Å²) < 4.78 is 23.5. The van der Waals surface area contributed by atoms with E-state index in [1.54, 1.807) is 24.8 Å². The molecule has 0 spiro atoms. The van der Waals surface area contributed by atoms with Gasteiger partial charge in [-0.15, -0.1) is 6.58 Å². The molecule has 18 heavy (non-hydrogen) atoms. The molecule has 4 heteroatoms. The topological polar surface area (TPSA) is 25.8 Å². The number of hydrogen-bond acceptors (Lipinski definition) is 2. The Kier molecular flexibility index (Phi) is 14.1. The molecule has 1 aromatic rings. The molecule has 0 N–H and O–H groups in total. The summed E-state index contributed by atoms with van der Waals surface area (Å²) in [5.41, 5.74) is 1.11. The number of aromatic nitrogens is 2. The van der Waals surface area contributed by atoms with Crippen molar-refractivity contribution in [3.63, 3.8) is 0 Å². The van der Waals surface area contributed by atoms with E-state index in [4.69, 9.17) is 0 Å². The Morgan fingerprint density at radius 2 is 1.33 bits per heavy atom. The smallest absolute Gasteiger partial charge is 0.262 e. The molecule has 1 rings (SSSR count). The maximum atomic E-state index is 11.7. The lowest BCUT2D eigenvalue weighted by atomic mass is 10.1. The number of halogens is 2. The maximum absolute atomic E-state index is 11.7. The molecule has 0 aliphatic rings. The molecule has 0 bridgehead atoms. The van der Waals surface area contributed by atoms with Crippen molar-refractivity contribution < 1.29 is 8.78 Å². The quantitative estimate of drug-likeness (QED) is 0.710. The third kappa shape index (κ3) is 14.4. The molecule has 0 saturated carbocycles. The zero-order chi connectivity index (χ0) is 14.4.